The number of aromatic nitrogens is 2. The molecule has 0 spiro atoms. The summed E-state index contributed by atoms with van der Waals surface area (Å²) in [6, 6.07) is 12.2. The van der Waals surface area contributed by atoms with Gasteiger partial charge in [0.25, 0.3) is 5.69 Å². The van der Waals surface area contributed by atoms with Gasteiger partial charge in [0, 0.05) is 11.6 Å². The number of benzene rings is 2. The average Bonchev–Trinajstić information content (AvgIpc) is 2.82. The van der Waals surface area contributed by atoms with Gasteiger partial charge >= 0.3 is 0 Å². The van der Waals surface area contributed by atoms with Gasteiger partial charge in [-0.1, -0.05) is 12.1 Å². The summed E-state index contributed by atoms with van der Waals surface area (Å²) < 4.78 is 0. The van der Waals surface area contributed by atoms with Gasteiger partial charge < -0.3 is 10.7 Å². The third-order valence-electron chi connectivity index (χ3n) is 2.89. The van der Waals surface area contributed by atoms with E-state index in [2.05, 4.69) is 9.97 Å². The van der Waals surface area contributed by atoms with Crippen LogP contribution >= 0.6 is 0 Å². The van der Waals surface area contributed by atoms with Crippen LogP contribution < -0.4 is 5.73 Å². The van der Waals surface area contributed by atoms with E-state index in [0.717, 1.165) is 11.0 Å². The summed E-state index contributed by atoms with van der Waals surface area (Å²) >= 11 is 0. The van der Waals surface area contributed by atoms with E-state index in [0.29, 0.717) is 11.4 Å². The molecule has 3 rings (SSSR count). The lowest BCUT2D eigenvalue weighted by Crippen LogP contribution is -1.96. The van der Waals surface area contributed by atoms with Gasteiger partial charge in [-0.25, -0.2) is 4.98 Å². The van der Waals surface area contributed by atoms with Gasteiger partial charge in [-0.05, 0) is 24.3 Å². The lowest BCUT2D eigenvalue weighted by Gasteiger charge is -1.99. The number of H-pyrrole nitrogens is 1. The zero-order valence-corrected chi connectivity index (χ0v) is 9.83. The van der Waals surface area contributed by atoms with Gasteiger partial charge in [-0.3, -0.25) is 10.1 Å². The molecule has 0 atom stereocenters. The van der Waals surface area contributed by atoms with Crippen molar-refractivity contribution in [3.8, 4) is 11.4 Å². The Labute approximate surface area is 108 Å². The predicted molar refractivity (Wildman–Crippen MR) is 72.6 cm³/mol. The fourth-order valence-electron chi connectivity index (χ4n) is 1.94. The van der Waals surface area contributed by atoms with Gasteiger partial charge in [0.05, 0.1) is 16.0 Å². The molecule has 94 valence electrons. The maximum atomic E-state index is 10.9. The molecule has 0 aliphatic rings. The molecule has 19 heavy (non-hydrogen) atoms. The Bertz CT molecular complexity index is 746. The Hall–Kier alpha value is -2.89. The van der Waals surface area contributed by atoms with E-state index in [4.69, 9.17) is 5.73 Å². The highest BCUT2D eigenvalue weighted by Gasteiger charge is 2.14. The van der Waals surface area contributed by atoms with Crippen molar-refractivity contribution < 1.29 is 4.92 Å². The molecule has 0 radical (unpaired) electrons. The van der Waals surface area contributed by atoms with Crippen LogP contribution in [0.5, 0.6) is 0 Å². The lowest BCUT2D eigenvalue weighted by atomic mass is 10.1. The number of fused-ring (bicyclic) bond motifs is 1. The number of imidazole rings is 1. The Morgan fingerprint density at radius 3 is 2.74 bits per heavy atom. The number of aromatic amines is 1. The largest absolute Gasteiger partial charge is 0.393 e. The van der Waals surface area contributed by atoms with Gasteiger partial charge in [-0.15, -0.1) is 0 Å². The highest BCUT2D eigenvalue weighted by Crippen LogP contribution is 2.28. The first-order valence-electron chi connectivity index (χ1n) is 5.64. The quantitative estimate of drug-likeness (QED) is 0.417. The number of hydrogen-bond donors (Lipinski definition) is 2. The highest BCUT2D eigenvalue weighted by molar-refractivity contribution is 5.80. The van der Waals surface area contributed by atoms with Gasteiger partial charge in [0.15, 0.2) is 0 Å². The number of hydrogen-bond acceptors (Lipinski definition) is 4. The molecular weight excluding hydrogens is 244 g/mol. The number of anilines is 1. The number of nitrogen functional groups attached to an aromatic ring is 1. The summed E-state index contributed by atoms with van der Waals surface area (Å²) in [5, 5.41) is 10.9. The van der Waals surface area contributed by atoms with E-state index in [1.165, 1.54) is 12.1 Å². The lowest BCUT2D eigenvalue weighted by molar-refractivity contribution is -0.383. The molecule has 6 heteroatoms. The molecule has 0 aliphatic carbocycles. The molecule has 0 saturated heterocycles. The first-order valence-corrected chi connectivity index (χ1v) is 5.64. The number of nitro benzene ring substituents is 1. The maximum Gasteiger partial charge on any atom is 0.292 e. The number of nitrogens with two attached hydrogens (primary N) is 1. The standard InChI is InChI=1S/C13H10N4O2/c14-9-6-5-8(7-12(9)17(18)19)13-15-10-3-1-2-4-11(10)16-13/h1-7H,14H2,(H,15,16). The Balaban J connectivity index is 2.16. The van der Waals surface area contributed by atoms with Crippen molar-refractivity contribution in [3.05, 3.63) is 52.6 Å². The molecule has 0 fully saturated rings. The van der Waals surface area contributed by atoms with Gasteiger partial charge in [-0.2, -0.15) is 0 Å². The molecule has 1 aromatic heterocycles. The summed E-state index contributed by atoms with van der Waals surface area (Å²) in [4.78, 5) is 17.9. The van der Waals surface area contributed by atoms with E-state index in [-0.39, 0.29) is 11.4 Å². The minimum absolute atomic E-state index is 0.113. The zero-order valence-electron chi connectivity index (χ0n) is 9.83. The van der Waals surface area contributed by atoms with Crippen molar-refractivity contribution in [2.45, 2.75) is 0 Å². The third-order valence-corrected chi connectivity index (χ3v) is 2.89. The molecular formula is C13H10N4O2. The first-order chi connectivity index (χ1) is 9.15. The number of rotatable bonds is 2. The van der Waals surface area contributed by atoms with Crippen LogP contribution in [0.25, 0.3) is 22.4 Å². The second-order valence-electron chi connectivity index (χ2n) is 4.13. The Morgan fingerprint density at radius 2 is 2.00 bits per heavy atom. The molecule has 0 bridgehead atoms. The fourth-order valence-corrected chi connectivity index (χ4v) is 1.94. The van der Waals surface area contributed by atoms with Crippen molar-refractivity contribution in [1.29, 1.82) is 0 Å². The second-order valence-corrected chi connectivity index (χ2v) is 4.13. The van der Waals surface area contributed by atoms with Crippen LogP contribution in [0, 0.1) is 10.1 Å². The second kappa shape index (κ2) is 4.09. The molecule has 0 amide bonds. The molecule has 0 saturated carbocycles. The van der Waals surface area contributed by atoms with Crippen LogP contribution in [0.1, 0.15) is 0 Å². The summed E-state index contributed by atoms with van der Waals surface area (Å²) in [6.45, 7) is 0. The van der Waals surface area contributed by atoms with Crippen LogP contribution in [0.2, 0.25) is 0 Å². The van der Waals surface area contributed by atoms with Crippen LogP contribution in [-0.4, -0.2) is 14.9 Å². The van der Waals surface area contributed by atoms with Crippen LogP contribution in [0.15, 0.2) is 42.5 Å². The third kappa shape index (κ3) is 1.89. The SMILES string of the molecule is Nc1ccc(-c2nc3ccccc3[nH]2)cc1[N+](=O)[O-]. The molecule has 6 nitrogen and oxygen atoms in total. The maximum absolute atomic E-state index is 10.9. The topological polar surface area (TPSA) is 97.8 Å². The van der Waals surface area contributed by atoms with E-state index in [9.17, 15) is 10.1 Å². The molecule has 3 aromatic rings. The fraction of sp³-hybridized carbons (Fsp3) is 0. The summed E-state index contributed by atoms with van der Waals surface area (Å²) in [7, 11) is 0. The van der Waals surface area contributed by atoms with E-state index in [1.54, 1.807) is 6.07 Å². The molecule has 2 aromatic carbocycles. The zero-order chi connectivity index (χ0) is 13.4. The molecule has 0 aliphatic heterocycles. The van der Waals surface area contributed by atoms with E-state index < -0.39 is 4.92 Å². The van der Waals surface area contributed by atoms with Gasteiger partial charge in [0.2, 0.25) is 0 Å². The van der Waals surface area contributed by atoms with Crippen LogP contribution in [-0.2, 0) is 0 Å². The Kier molecular flexibility index (Phi) is 2.42. The number of nitro groups is 1. The highest BCUT2D eigenvalue weighted by atomic mass is 16.6. The summed E-state index contributed by atoms with van der Waals surface area (Å²) in [6.07, 6.45) is 0. The van der Waals surface area contributed by atoms with Crippen molar-refractivity contribution in [3.63, 3.8) is 0 Å². The monoisotopic (exact) mass is 254 g/mol. The minimum atomic E-state index is -0.499. The molecule has 0 unspecified atom stereocenters. The molecule has 3 N–H and O–H groups in total. The number of nitrogens with one attached hydrogen (secondary N) is 1. The Morgan fingerprint density at radius 1 is 1.21 bits per heavy atom. The van der Waals surface area contributed by atoms with Gasteiger partial charge in [0.1, 0.15) is 11.5 Å². The number of nitrogens with zero attached hydrogens (tertiary/aromatic N) is 2. The van der Waals surface area contributed by atoms with E-state index >= 15 is 0 Å². The molecule has 1 heterocycles. The normalized spacial score (nSPS) is 10.7. The van der Waals surface area contributed by atoms with Crippen LogP contribution in [0.4, 0.5) is 11.4 Å². The van der Waals surface area contributed by atoms with Crippen molar-refractivity contribution in [2.24, 2.45) is 0 Å². The average molecular weight is 254 g/mol. The first kappa shape index (κ1) is 11.2. The van der Waals surface area contributed by atoms with Crippen molar-refractivity contribution >= 4 is 22.4 Å². The summed E-state index contributed by atoms with van der Waals surface area (Å²) in [5.41, 5.74) is 7.94. The van der Waals surface area contributed by atoms with Crippen LogP contribution in [0.3, 0.4) is 0 Å². The van der Waals surface area contributed by atoms with Crippen molar-refractivity contribution in [2.75, 3.05) is 5.73 Å². The summed E-state index contributed by atoms with van der Waals surface area (Å²) in [5.74, 6) is 0.587. The van der Waals surface area contributed by atoms with E-state index in [1.807, 2.05) is 24.3 Å². The smallest absolute Gasteiger partial charge is 0.292 e. The number of para-hydroxylation sites is 2. The van der Waals surface area contributed by atoms with Crippen molar-refractivity contribution in [1.82, 2.24) is 9.97 Å². The predicted octanol–water partition coefficient (Wildman–Crippen LogP) is 2.72. The minimum Gasteiger partial charge on any atom is -0.393 e.